The standard InChI is InChI=1S/C14H18FN3O/c1-9-5-10-7-16-8-13(10)18(9)14(19)17-12-4-2-3-11(15)6-12/h2-4,6,9-10,13,16H,5,7-8H2,1H3,(H,17,19). The molecule has 2 N–H and O–H groups in total. The summed E-state index contributed by atoms with van der Waals surface area (Å²) in [5.74, 6) is 0.209. The monoisotopic (exact) mass is 263 g/mol. The molecule has 19 heavy (non-hydrogen) atoms. The maximum atomic E-state index is 13.1. The van der Waals surface area contributed by atoms with Gasteiger partial charge in [0.15, 0.2) is 0 Å². The predicted octanol–water partition coefficient (Wildman–Crippen LogP) is 2.04. The zero-order chi connectivity index (χ0) is 13.4. The van der Waals surface area contributed by atoms with Crippen molar-refractivity contribution in [1.82, 2.24) is 10.2 Å². The van der Waals surface area contributed by atoms with E-state index in [1.807, 2.05) is 4.90 Å². The summed E-state index contributed by atoms with van der Waals surface area (Å²) in [7, 11) is 0. The Labute approximate surface area is 112 Å². The fraction of sp³-hybridized carbons (Fsp3) is 0.500. The summed E-state index contributed by atoms with van der Waals surface area (Å²) in [6, 6.07) is 6.38. The van der Waals surface area contributed by atoms with E-state index in [2.05, 4.69) is 17.6 Å². The van der Waals surface area contributed by atoms with Gasteiger partial charge >= 0.3 is 6.03 Å². The molecule has 0 saturated carbocycles. The molecule has 2 saturated heterocycles. The van der Waals surface area contributed by atoms with Crippen LogP contribution in [0.25, 0.3) is 0 Å². The fourth-order valence-electron chi connectivity index (χ4n) is 3.27. The molecule has 0 radical (unpaired) electrons. The lowest BCUT2D eigenvalue weighted by Gasteiger charge is -2.27. The van der Waals surface area contributed by atoms with E-state index >= 15 is 0 Å². The number of carbonyl (C=O) groups is 1. The van der Waals surface area contributed by atoms with Crippen LogP contribution in [-0.4, -0.2) is 36.1 Å². The molecule has 1 aromatic carbocycles. The number of fused-ring (bicyclic) bond motifs is 1. The molecular formula is C14H18FN3O. The fourth-order valence-corrected chi connectivity index (χ4v) is 3.27. The van der Waals surface area contributed by atoms with Crippen molar-refractivity contribution in [3.05, 3.63) is 30.1 Å². The van der Waals surface area contributed by atoms with Gasteiger partial charge in [0.1, 0.15) is 5.82 Å². The number of urea groups is 1. The van der Waals surface area contributed by atoms with Gasteiger partial charge in [0, 0.05) is 24.8 Å². The molecule has 5 heteroatoms. The first-order chi connectivity index (χ1) is 9.15. The van der Waals surface area contributed by atoms with Gasteiger partial charge in [0.25, 0.3) is 0 Å². The van der Waals surface area contributed by atoms with Gasteiger partial charge in [-0.15, -0.1) is 0 Å². The van der Waals surface area contributed by atoms with Gasteiger partial charge in [-0.25, -0.2) is 9.18 Å². The molecular weight excluding hydrogens is 245 g/mol. The minimum Gasteiger partial charge on any atom is -0.317 e. The van der Waals surface area contributed by atoms with E-state index in [0.29, 0.717) is 11.6 Å². The highest BCUT2D eigenvalue weighted by Crippen LogP contribution is 2.32. The minimum atomic E-state index is -0.340. The van der Waals surface area contributed by atoms with Gasteiger partial charge in [-0.3, -0.25) is 0 Å². The number of hydrogen-bond acceptors (Lipinski definition) is 2. The number of nitrogens with zero attached hydrogens (tertiary/aromatic N) is 1. The van der Waals surface area contributed by atoms with Crippen LogP contribution in [0, 0.1) is 11.7 Å². The zero-order valence-electron chi connectivity index (χ0n) is 10.9. The van der Waals surface area contributed by atoms with Crippen LogP contribution < -0.4 is 10.6 Å². The molecule has 3 unspecified atom stereocenters. The molecule has 3 rings (SSSR count). The van der Waals surface area contributed by atoms with Crippen molar-refractivity contribution in [3.63, 3.8) is 0 Å². The Morgan fingerprint density at radius 2 is 2.32 bits per heavy atom. The van der Waals surface area contributed by atoms with Crippen molar-refractivity contribution in [3.8, 4) is 0 Å². The third-order valence-electron chi connectivity index (χ3n) is 4.09. The summed E-state index contributed by atoms with van der Waals surface area (Å²) in [6.45, 7) is 3.91. The van der Waals surface area contributed by atoms with Crippen LogP contribution in [0.3, 0.4) is 0 Å². The second kappa shape index (κ2) is 4.81. The summed E-state index contributed by atoms with van der Waals surface area (Å²) in [5, 5.41) is 6.11. The molecule has 3 atom stereocenters. The van der Waals surface area contributed by atoms with Crippen molar-refractivity contribution < 1.29 is 9.18 Å². The average molecular weight is 263 g/mol. The molecule has 102 valence electrons. The smallest absolute Gasteiger partial charge is 0.317 e. The number of likely N-dealkylation sites (tertiary alicyclic amines) is 1. The van der Waals surface area contributed by atoms with Gasteiger partial charge in [0.2, 0.25) is 0 Å². The van der Waals surface area contributed by atoms with Gasteiger partial charge in [-0.1, -0.05) is 6.07 Å². The number of halogens is 1. The van der Waals surface area contributed by atoms with E-state index in [4.69, 9.17) is 0 Å². The van der Waals surface area contributed by atoms with E-state index in [0.717, 1.165) is 19.5 Å². The molecule has 0 aromatic heterocycles. The minimum absolute atomic E-state index is 0.130. The number of rotatable bonds is 1. The lowest BCUT2D eigenvalue weighted by molar-refractivity contribution is 0.190. The molecule has 2 aliphatic heterocycles. The third-order valence-corrected chi connectivity index (χ3v) is 4.09. The third kappa shape index (κ3) is 2.30. The first-order valence-corrected chi connectivity index (χ1v) is 6.71. The van der Waals surface area contributed by atoms with Crippen molar-refractivity contribution >= 4 is 11.7 Å². The second-order valence-electron chi connectivity index (χ2n) is 5.42. The zero-order valence-corrected chi connectivity index (χ0v) is 10.9. The summed E-state index contributed by atoms with van der Waals surface area (Å²) >= 11 is 0. The van der Waals surface area contributed by atoms with Gasteiger partial charge < -0.3 is 15.5 Å². The van der Waals surface area contributed by atoms with Crippen molar-refractivity contribution in [2.45, 2.75) is 25.4 Å². The van der Waals surface area contributed by atoms with Gasteiger partial charge in [-0.2, -0.15) is 0 Å². The van der Waals surface area contributed by atoms with Crippen LogP contribution in [0.1, 0.15) is 13.3 Å². The molecule has 1 aromatic rings. The normalized spacial score (nSPS) is 29.4. The lowest BCUT2D eigenvalue weighted by atomic mass is 10.0. The second-order valence-corrected chi connectivity index (χ2v) is 5.42. The SMILES string of the molecule is CC1CC2CNCC2N1C(=O)Nc1cccc(F)c1. The number of amides is 2. The van der Waals surface area contributed by atoms with Crippen LogP contribution in [0.2, 0.25) is 0 Å². The highest BCUT2D eigenvalue weighted by Gasteiger charge is 2.44. The first-order valence-electron chi connectivity index (χ1n) is 6.71. The Bertz CT molecular complexity index is 493. The number of benzene rings is 1. The molecule has 2 amide bonds. The molecule has 2 heterocycles. The summed E-state index contributed by atoms with van der Waals surface area (Å²) in [6.07, 6.45) is 1.04. The number of nitrogens with one attached hydrogen (secondary N) is 2. The number of anilines is 1. The molecule has 2 aliphatic rings. The van der Waals surface area contributed by atoms with E-state index < -0.39 is 0 Å². The molecule has 0 aliphatic carbocycles. The highest BCUT2D eigenvalue weighted by molar-refractivity contribution is 5.90. The summed E-state index contributed by atoms with van der Waals surface area (Å²) < 4.78 is 13.1. The first kappa shape index (κ1) is 12.4. The Hall–Kier alpha value is -1.62. The predicted molar refractivity (Wildman–Crippen MR) is 71.5 cm³/mol. The lowest BCUT2D eigenvalue weighted by Crippen LogP contribution is -2.45. The van der Waals surface area contributed by atoms with E-state index in [-0.39, 0.29) is 23.9 Å². The maximum Gasteiger partial charge on any atom is 0.322 e. The van der Waals surface area contributed by atoms with Crippen molar-refractivity contribution in [2.75, 3.05) is 18.4 Å². The van der Waals surface area contributed by atoms with Crippen LogP contribution in [0.5, 0.6) is 0 Å². The maximum absolute atomic E-state index is 13.1. The Morgan fingerprint density at radius 1 is 1.47 bits per heavy atom. The molecule has 4 nitrogen and oxygen atoms in total. The Balaban J connectivity index is 1.73. The quantitative estimate of drug-likeness (QED) is 0.814. The highest BCUT2D eigenvalue weighted by atomic mass is 19.1. The van der Waals surface area contributed by atoms with Crippen LogP contribution >= 0.6 is 0 Å². The molecule has 2 fully saturated rings. The van der Waals surface area contributed by atoms with Crippen LogP contribution in [-0.2, 0) is 0 Å². The number of carbonyl (C=O) groups excluding carboxylic acids is 1. The average Bonchev–Trinajstić information content (AvgIpc) is 2.88. The Kier molecular flexibility index (Phi) is 3.14. The van der Waals surface area contributed by atoms with Crippen LogP contribution in [0.15, 0.2) is 24.3 Å². The van der Waals surface area contributed by atoms with E-state index in [9.17, 15) is 9.18 Å². The van der Waals surface area contributed by atoms with Crippen molar-refractivity contribution in [1.29, 1.82) is 0 Å². The number of hydrogen-bond donors (Lipinski definition) is 2. The van der Waals surface area contributed by atoms with Gasteiger partial charge in [-0.05, 0) is 37.5 Å². The summed E-state index contributed by atoms with van der Waals surface area (Å²) in [4.78, 5) is 14.2. The summed E-state index contributed by atoms with van der Waals surface area (Å²) in [5.41, 5.74) is 0.506. The molecule has 0 bridgehead atoms. The van der Waals surface area contributed by atoms with E-state index in [1.54, 1.807) is 12.1 Å². The Morgan fingerprint density at radius 3 is 3.11 bits per heavy atom. The van der Waals surface area contributed by atoms with Crippen LogP contribution in [0.4, 0.5) is 14.9 Å². The largest absolute Gasteiger partial charge is 0.322 e. The van der Waals surface area contributed by atoms with E-state index in [1.165, 1.54) is 12.1 Å². The van der Waals surface area contributed by atoms with Crippen molar-refractivity contribution in [2.24, 2.45) is 5.92 Å². The molecule has 0 spiro atoms. The van der Waals surface area contributed by atoms with Gasteiger partial charge in [0.05, 0.1) is 6.04 Å². The topological polar surface area (TPSA) is 44.4 Å².